The molecule has 8 heteroatoms. The van der Waals surface area contributed by atoms with Gasteiger partial charge in [0.1, 0.15) is 0 Å². The molecule has 0 rings (SSSR count). The van der Waals surface area contributed by atoms with Crippen molar-refractivity contribution in [1.82, 2.24) is 0 Å². The lowest BCUT2D eigenvalue weighted by atomic mass is 10.9. The maximum Gasteiger partial charge on any atom is 0.397 e. The molecule has 1 atom stereocenters. The Morgan fingerprint density at radius 3 is 2.27 bits per heavy atom. The highest BCUT2D eigenvalue weighted by atomic mass is 32.3. The summed E-state index contributed by atoms with van der Waals surface area (Å²) in [7, 11) is -7.73. The molecule has 0 amide bonds. The lowest BCUT2D eigenvalue weighted by Gasteiger charge is -2.02. The Bertz CT molecular complexity index is 249. The quantitative estimate of drug-likeness (QED) is 0.481. The molecule has 0 aromatic heterocycles. The first kappa shape index (κ1) is 11.1. The zero-order valence-electron chi connectivity index (χ0n) is 5.80. The first-order valence-corrected chi connectivity index (χ1v) is 6.27. The van der Waals surface area contributed by atoms with Crippen molar-refractivity contribution in [2.75, 3.05) is 19.4 Å². The number of rotatable bonds is 4. The summed E-state index contributed by atoms with van der Waals surface area (Å²) in [6, 6.07) is 0. The fourth-order valence-corrected chi connectivity index (χ4v) is 1.16. The van der Waals surface area contributed by atoms with Gasteiger partial charge in [-0.1, -0.05) is 0 Å². The second-order valence-corrected chi connectivity index (χ2v) is 5.66. The molecule has 1 unspecified atom stereocenters. The largest absolute Gasteiger partial charge is 0.397 e. The van der Waals surface area contributed by atoms with E-state index in [9.17, 15) is 13.0 Å². The van der Waals surface area contributed by atoms with Crippen LogP contribution in [-0.2, 0) is 19.1 Å². The number of hydrogen-bond donors (Lipinski definition) is 2. The maximum atomic E-state index is 10.5. The second-order valence-electron chi connectivity index (χ2n) is 2.02. The van der Waals surface area contributed by atoms with Crippen LogP contribution in [0.25, 0.3) is 0 Å². The van der Waals surface area contributed by atoms with Crippen LogP contribution >= 0.6 is 7.37 Å². The smallest absolute Gasteiger partial charge is 0.344 e. The molecule has 0 aromatic carbocycles. The van der Waals surface area contributed by atoms with Crippen LogP contribution in [0.15, 0.2) is 0 Å². The van der Waals surface area contributed by atoms with Gasteiger partial charge in [-0.05, 0) is 0 Å². The first-order valence-electron chi connectivity index (χ1n) is 2.62. The summed E-state index contributed by atoms with van der Waals surface area (Å²) in [6.07, 6.45) is -0.299. The van der Waals surface area contributed by atoms with E-state index < -0.39 is 24.4 Å². The van der Waals surface area contributed by atoms with Crippen molar-refractivity contribution in [2.24, 2.45) is 0 Å². The summed E-state index contributed by atoms with van der Waals surface area (Å²) in [4.78, 5) is 8.61. The van der Waals surface area contributed by atoms with Crippen LogP contribution in [0.3, 0.4) is 0 Å². The number of hydrogen-bond acceptors (Lipinski definition) is 4. The Kier molecular flexibility index (Phi) is 3.66. The third-order valence-corrected chi connectivity index (χ3v) is 2.22. The third kappa shape index (κ3) is 10.1. The summed E-state index contributed by atoms with van der Waals surface area (Å²) in [5, 5.41) is 0. The molecule has 68 valence electrons. The van der Waals surface area contributed by atoms with Crippen molar-refractivity contribution in [3.8, 4) is 0 Å². The van der Waals surface area contributed by atoms with Crippen molar-refractivity contribution in [1.29, 1.82) is 0 Å². The zero-order valence-corrected chi connectivity index (χ0v) is 7.51. The lowest BCUT2D eigenvalue weighted by molar-refractivity contribution is 0.282. The van der Waals surface area contributed by atoms with Gasteiger partial charge in [0.05, 0.1) is 6.61 Å². The van der Waals surface area contributed by atoms with Crippen molar-refractivity contribution in [2.45, 2.75) is 0 Å². The molecule has 0 aliphatic heterocycles. The van der Waals surface area contributed by atoms with Gasteiger partial charge >= 0.3 is 10.4 Å². The Morgan fingerprint density at radius 2 is 2.00 bits per heavy atom. The van der Waals surface area contributed by atoms with Crippen LogP contribution in [0.1, 0.15) is 0 Å². The molecule has 0 fully saturated rings. The topological polar surface area (TPSA) is 101 Å². The van der Waals surface area contributed by atoms with Gasteiger partial charge in [-0.25, -0.2) is 4.18 Å². The van der Waals surface area contributed by atoms with Gasteiger partial charge in [-0.3, -0.25) is 9.12 Å². The molecule has 0 bridgehead atoms. The monoisotopic (exact) mass is 204 g/mol. The summed E-state index contributed by atoms with van der Waals surface area (Å²) in [6.45, 7) is 0.587. The van der Waals surface area contributed by atoms with E-state index in [0.29, 0.717) is 0 Å². The van der Waals surface area contributed by atoms with Gasteiger partial charge in [0.2, 0.25) is 0 Å². The van der Waals surface area contributed by atoms with E-state index in [1.165, 1.54) is 0 Å². The average Bonchev–Trinajstić information content (AvgIpc) is 1.55. The van der Waals surface area contributed by atoms with E-state index in [-0.39, 0.29) is 6.16 Å². The van der Waals surface area contributed by atoms with Crippen molar-refractivity contribution < 1.29 is 26.6 Å². The van der Waals surface area contributed by atoms with Crippen LogP contribution < -0.4 is 0 Å². The van der Waals surface area contributed by atoms with E-state index in [4.69, 9.17) is 9.45 Å². The highest BCUT2D eigenvalue weighted by molar-refractivity contribution is 7.80. The van der Waals surface area contributed by atoms with Crippen LogP contribution in [0, 0.1) is 0 Å². The van der Waals surface area contributed by atoms with Gasteiger partial charge in [-0.15, -0.1) is 0 Å². The molecule has 11 heavy (non-hydrogen) atoms. The normalized spacial score (nSPS) is 17.7. The Hall–Kier alpha value is 0.0600. The minimum Gasteiger partial charge on any atom is -0.344 e. The van der Waals surface area contributed by atoms with E-state index >= 15 is 0 Å². The first-order chi connectivity index (χ1) is 4.71. The van der Waals surface area contributed by atoms with Crippen LogP contribution in [0.2, 0.25) is 0 Å². The molecule has 2 N–H and O–H groups in total. The van der Waals surface area contributed by atoms with Gasteiger partial charge in [0, 0.05) is 12.8 Å². The standard InChI is InChI=1S/C3H9O6PS/c1-10(4,5)3-2-9-11(6,7)8/h2-3H2,1H3,(H,4,5)(H,6,7,8). The highest BCUT2D eigenvalue weighted by Crippen LogP contribution is 2.34. The second kappa shape index (κ2) is 3.64. The molecule has 0 spiro atoms. The van der Waals surface area contributed by atoms with Crippen molar-refractivity contribution >= 4 is 17.8 Å². The Balaban J connectivity index is 3.70. The summed E-state index contributed by atoms with van der Waals surface area (Å²) in [5.41, 5.74) is 0. The molecule has 0 saturated carbocycles. The fourth-order valence-electron chi connectivity index (χ4n) is 0.312. The highest BCUT2D eigenvalue weighted by Gasteiger charge is 2.12. The maximum absolute atomic E-state index is 10.5. The molecule has 6 nitrogen and oxygen atoms in total. The molecule has 0 aliphatic rings. The minimum atomic E-state index is -4.48. The third-order valence-electron chi connectivity index (χ3n) is 0.738. The molecule has 0 radical (unpaired) electrons. The van der Waals surface area contributed by atoms with Crippen LogP contribution in [0.4, 0.5) is 0 Å². The van der Waals surface area contributed by atoms with Gasteiger partial charge in [0.15, 0.2) is 7.37 Å². The summed E-state index contributed by atoms with van der Waals surface area (Å²) in [5.74, 6) is 0. The van der Waals surface area contributed by atoms with E-state index in [1.54, 1.807) is 0 Å². The SMILES string of the molecule is CP(=O)(O)CCOS(=O)(=O)O. The molecule has 0 aromatic rings. The summed E-state index contributed by atoms with van der Waals surface area (Å²) >= 11 is 0. The van der Waals surface area contributed by atoms with E-state index in [0.717, 1.165) is 6.66 Å². The van der Waals surface area contributed by atoms with Crippen LogP contribution in [-0.4, -0.2) is 37.3 Å². The van der Waals surface area contributed by atoms with E-state index in [1.807, 2.05) is 0 Å². The Morgan fingerprint density at radius 1 is 1.55 bits per heavy atom. The fraction of sp³-hybridized carbons (Fsp3) is 1.00. The molecule has 0 aliphatic carbocycles. The van der Waals surface area contributed by atoms with Crippen molar-refractivity contribution in [3.05, 3.63) is 0 Å². The average molecular weight is 204 g/mol. The van der Waals surface area contributed by atoms with Crippen molar-refractivity contribution in [3.63, 3.8) is 0 Å². The van der Waals surface area contributed by atoms with Gasteiger partial charge in [0.25, 0.3) is 0 Å². The predicted molar refractivity (Wildman–Crippen MR) is 38.1 cm³/mol. The van der Waals surface area contributed by atoms with Gasteiger partial charge < -0.3 is 4.89 Å². The molecule has 0 saturated heterocycles. The van der Waals surface area contributed by atoms with Gasteiger partial charge in [-0.2, -0.15) is 8.42 Å². The molecular weight excluding hydrogens is 195 g/mol. The lowest BCUT2D eigenvalue weighted by Crippen LogP contribution is -2.07. The predicted octanol–water partition coefficient (Wildman–Crippen LogP) is -0.294. The minimum absolute atomic E-state index is 0.299. The van der Waals surface area contributed by atoms with Crippen LogP contribution in [0.5, 0.6) is 0 Å². The summed E-state index contributed by atoms with van der Waals surface area (Å²) < 4.78 is 42.1. The Labute approximate surface area is 64.6 Å². The molecule has 0 heterocycles. The zero-order chi connectivity index (χ0) is 9.12. The van der Waals surface area contributed by atoms with E-state index in [2.05, 4.69) is 4.18 Å². The molecular formula is C3H9O6PS.